The van der Waals surface area contributed by atoms with E-state index in [1.807, 2.05) is 14.1 Å². The molecule has 0 aliphatic rings. The van der Waals surface area contributed by atoms with E-state index in [1.54, 1.807) is 0 Å². The molecule has 5 nitrogen and oxygen atoms in total. The number of rotatable bonds is 10. The molecular formula is C12H29N3O2. The standard InChI is InChI=1S/C12H26N2O2.H3N/c1-4-5-6-8-13-9-7-10-14(2,3)11-12(15)16;/h13H,4-11H2,1-3H3;1H3. The van der Waals surface area contributed by atoms with E-state index in [0.29, 0.717) is 4.48 Å². The van der Waals surface area contributed by atoms with Crippen LogP contribution in [-0.2, 0) is 4.79 Å². The number of nitrogens with zero attached hydrogens (tertiary/aromatic N) is 1. The predicted molar refractivity (Wildman–Crippen MR) is 68.9 cm³/mol. The fourth-order valence-corrected chi connectivity index (χ4v) is 1.69. The van der Waals surface area contributed by atoms with Crippen molar-refractivity contribution in [2.75, 3.05) is 40.3 Å². The minimum Gasteiger partial charge on any atom is -0.544 e. The van der Waals surface area contributed by atoms with Crippen LogP contribution < -0.4 is 16.6 Å². The Labute approximate surface area is 105 Å². The van der Waals surface area contributed by atoms with Gasteiger partial charge in [-0.2, -0.15) is 0 Å². The fourth-order valence-electron chi connectivity index (χ4n) is 1.69. The summed E-state index contributed by atoms with van der Waals surface area (Å²) in [6.45, 7) is 5.20. The van der Waals surface area contributed by atoms with Gasteiger partial charge >= 0.3 is 0 Å². The quantitative estimate of drug-likeness (QED) is 0.425. The monoisotopic (exact) mass is 247 g/mol. The topological polar surface area (TPSA) is 87.2 Å². The number of carbonyl (C=O) groups is 1. The maximum atomic E-state index is 10.5. The molecule has 5 heteroatoms. The molecule has 0 aliphatic heterocycles. The zero-order chi connectivity index (χ0) is 12.4. The summed E-state index contributed by atoms with van der Waals surface area (Å²) < 4.78 is 0.499. The van der Waals surface area contributed by atoms with Crippen molar-refractivity contribution in [2.24, 2.45) is 0 Å². The van der Waals surface area contributed by atoms with E-state index in [0.717, 1.165) is 26.1 Å². The maximum absolute atomic E-state index is 10.5. The molecule has 0 heterocycles. The lowest BCUT2D eigenvalue weighted by Crippen LogP contribution is -2.49. The number of likely N-dealkylation sites (N-methyl/N-ethyl adjacent to an activating group) is 1. The third kappa shape index (κ3) is 13.3. The van der Waals surface area contributed by atoms with Crippen LogP contribution in [0.3, 0.4) is 0 Å². The van der Waals surface area contributed by atoms with Crippen molar-refractivity contribution in [3.8, 4) is 0 Å². The first-order valence-electron chi connectivity index (χ1n) is 6.20. The Kier molecular flexibility index (Phi) is 11.6. The van der Waals surface area contributed by atoms with Crippen LogP contribution in [0.4, 0.5) is 0 Å². The fraction of sp³-hybridized carbons (Fsp3) is 0.917. The van der Waals surface area contributed by atoms with Crippen LogP contribution in [0.25, 0.3) is 0 Å². The molecule has 0 aromatic rings. The minimum absolute atomic E-state index is 0. The molecule has 0 aliphatic carbocycles. The second-order valence-electron chi connectivity index (χ2n) is 5.00. The molecule has 0 aromatic heterocycles. The number of carbonyl (C=O) groups excluding carboxylic acids is 1. The second-order valence-corrected chi connectivity index (χ2v) is 5.00. The molecule has 104 valence electrons. The molecule has 0 spiro atoms. The van der Waals surface area contributed by atoms with Crippen molar-refractivity contribution < 1.29 is 14.4 Å². The smallest absolute Gasteiger partial charge is 0.119 e. The molecule has 0 aromatic carbocycles. The summed E-state index contributed by atoms with van der Waals surface area (Å²) in [6.07, 6.45) is 4.76. The lowest BCUT2D eigenvalue weighted by atomic mass is 10.2. The highest BCUT2D eigenvalue weighted by molar-refractivity contribution is 5.65. The highest BCUT2D eigenvalue weighted by Crippen LogP contribution is 1.98. The van der Waals surface area contributed by atoms with Gasteiger partial charge in [0.15, 0.2) is 0 Å². The van der Waals surface area contributed by atoms with Crippen molar-refractivity contribution in [3.05, 3.63) is 0 Å². The number of quaternary nitrogens is 1. The number of nitrogens with one attached hydrogen (secondary N) is 1. The summed E-state index contributed by atoms with van der Waals surface area (Å²) in [5.74, 6) is -0.971. The normalized spacial score (nSPS) is 11.0. The molecule has 4 N–H and O–H groups in total. The van der Waals surface area contributed by atoms with Gasteiger partial charge in [-0.1, -0.05) is 19.8 Å². The Morgan fingerprint density at radius 3 is 2.29 bits per heavy atom. The zero-order valence-corrected chi connectivity index (χ0v) is 11.6. The number of hydrogen-bond acceptors (Lipinski definition) is 4. The third-order valence-electron chi connectivity index (χ3n) is 2.63. The molecule has 0 saturated heterocycles. The SMILES string of the molecule is CCCCCNCCC[N+](C)(C)CC(=O)[O-].N. The van der Waals surface area contributed by atoms with Gasteiger partial charge in [-0.15, -0.1) is 0 Å². The van der Waals surface area contributed by atoms with E-state index in [4.69, 9.17) is 0 Å². The molecule has 0 saturated carbocycles. The van der Waals surface area contributed by atoms with Crippen LogP contribution in [0.15, 0.2) is 0 Å². The lowest BCUT2D eigenvalue weighted by molar-refractivity contribution is -0.884. The Bertz CT molecular complexity index is 196. The third-order valence-corrected chi connectivity index (χ3v) is 2.63. The average molecular weight is 247 g/mol. The van der Waals surface area contributed by atoms with Crippen LogP contribution in [0.5, 0.6) is 0 Å². The van der Waals surface area contributed by atoms with Crippen LogP contribution >= 0.6 is 0 Å². The number of aliphatic carboxylic acids is 1. The largest absolute Gasteiger partial charge is 0.544 e. The first-order valence-corrected chi connectivity index (χ1v) is 6.20. The Hall–Kier alpha value is -0.650. The summed E-state index contributed by atoms with van der Waals surface area (Å²) in [5.41, 5.74) is 0. The number of unbranched alkanes of at least 4 members (excludes halogenated alkanes) is 2. The minimum atomic E-state index is -0.971. The Balaban J connectivity index is 0. The molecule has 17 heavy (non-hydrogen) atoms. The van der Waals surface area contributed by atoms with E-state index >= 15 is 0 Å². The van der Waals surface area contributed by atoms with Crippen molar-refractivity contribution in [2.45, 2.75) is 32.6 Å². The molecule has 0 atom stereocenters. The van der Waals surface area contributed by atoms with Gasteiger partial charge in [0.1, 0.15) is 6.54 Å². The first-order chi connectivity index (χ1) is 7.48. The Morgan fingerprint density at radius 1 is 1.18 bits per heavy atom. The van der Waals surface area contributed by atoms with Crippen LogP contribution in [0.1, 0.15) is 32.6 Å². The van der Waals surface area contributed by atoms with E-state index in [-0.39, 0.29) is 12.7 Å². The van der Waals surface area contributed by atoms with E-state index < -0.39 is 5.97 Å². The molecule has 0 fully saturated rings. The lowest BCUT2D eigenvalue weighted by Gasteiger charge is -2.30. The van der Waals surface area contributed by atoms with Crippen LogP contribution in [-0.4, -0.2) is 50.7 Å². The van der Waals surface area contributed by atoms with Crippen molar-refractivity contribution in [3.63, 3.8) is 0 Å². The summed E-state index contributed by atoms with van der Waals surface area (Å²) in [4.78, 5) is 10.5. The summed E-state index contributed by atoms with van der Waals surface area (Å²) in [6, 6.07) is 0. The van der Waals surface area contributed by atoms with Gasteiger partial charge < -0.3 is 25.9 Å². The number of carboxylic acid groups (broad SMARTS) is 1. The molecule has 0 radical (unpaired) electrons. The molecule has 0 rings (SSSR count). The van der Waals surface area contributed by atoms with Crippen molar-refractivity contribution in [1.29, 1.82) is 0 Å². The Morgan fingerprint density at radius 2 is 1.76 bits per heavy atom. The molecule has 0 bridgehead atoms. The predicted octanol–water partition coefficient (Wildman–Crippen LogP) is 0.145. The van der Waals surface area contributed by atoms with Gasteiger partial charge in [-0.25, -0.2) is 0 Å². The van der Waals surface area contributed by atoms with E-state index in [2.05, 4.69) is 12.2 Å². The number of carboxylic acids is 1. The van der Waals surface area contributed by atoms with Crippen molar-refractivity contribution >= 4 is 5.97 Å². The van der Waals surface area contributed by atoms with Crippen molar-refractivity contribution in [1.82, 2.24) is 11.5 Å². The average Bonchev–Trinajstić information content (AvgIpc) is 2.14. The summed E-state index contributed by atoms with van der Waals surface area (Å²) in [5, 5.41) is 13.9. The second kappa shape index (κ2) is 10.5. The molecule has 0 unspecified atom stereocenters. The van der Waals surface area contributed by atoms with Crippen LogP contribution in [0.2, 0.25) is 0 Å². The van der Waals surface area contributed by atoms with E-state index in [1.165, 1.54) is 19.3 Å². The van der Waals surface area contributed by atoms with Crippen LogP contribution in [0, 0.1) is 0 Å². The van der Waals surface area contributed by atoms with E-state index in [9.17, 15) is 9.90 Å². The van der Waals surface area contributed by atoms with Gasteiger partial charge in [0.25, 0.3) is 0 Å². The highest BCUT2D eigenvalue weighted by Gasteiger charge is 2.13. The maximum Gasteiger partial charge on any atom is 0.119 e. The zero-order valence-electron chi connectivity index (χ0n) is 11.6. The van der Waals surface area contributed by atoms with Gasteiger partial charge in [0.2, 0.25) is 0 Å². The summed E-state index contributed by atoms with van der Waals surface area (Å²) >= 11 is 0. The number of hydrogen-bond donors (Lipinski definition) is 2. The van der Waals surface area contributed by atoms with Gasteiger partial charge in [-0.3, -0.25) is 0 Å². The first kappa shape index (κ1) is 18.7. The highest BCUT2D eigenvalue weighted by atomic mass is 16.4. The summed E-state index contributed by atoms with van der Waals surface area (Å²) in [7, 11) is 3.85. The molecule has 0 amide bonds. The van der Waals surface area contributed by atoms with Gasteiger partial charge in [0.05, 0.1) is 26.6 Å². The van der Waals surface area contributed by atoms with Gasteiger partial charge in [0, 0.05) is 13.0 Å². The molecular weight excluding hydrogens is 218 g/mol. The van der Waals surface area contributed by atoms with Gasteiger partial charge in [-0.05, 0) is 13.0 Å².